The summed E-state index contributed by atoms with van der Waals surface area (Å²) in [7, 11) is 3.16. The zero-order chi connectivity index (χ0) is 19.1. The topological polar surface area (TPSA) is 59.6 Å². The lowest BCUT2D eigenvalue weighted by Crippen LogP contribution is -2.38. The van der Waals surface area contributed by atoms with E-state index in [0.29, 0.717) is 24.5 Å². The van der Waals surface area contributed by atoms with Gasteiger partial charge in [-0.15, -0.1) is 0 Å². The maximum absolute atomic E-state index is 13.2. The van der Waals surface area contributed by atoms with Gasteiger partial charge in [-0.05, 0) is 48.7 Å². The summed E-state index contributed by atoms with van der Waals surface area (Å²) in [4.78, 5) is 12.0. The molecule has 0 radical (unpaired) electrons. The monoisotopic (exact) mass is 380 g/mol. The minimum atomic E-state index is -0.484. The number of benzene rings is 2. The smallest absolute Gasteiger partial charge is 0.315 e. The first-order valence-electron chi connectivity index (χ1n) is 8.14. The van der Waals surface area contributed by atoms with Crippen LogP contribution in [0.3, 0.4) is 0 Å². The summed E-state index contributed by atoms with van der Waals surface area (Å²) < 4.78 is 23.7. The third kappa shape index (κ3) is 5.26. The SMILES string of the molecule is COc1ccc(CCNC(=O)NC(C)c2ccc(F)c(Cl)c2)cc1OC. The lowest BCUT2D eigenvalue weighted by atomic mass is 10.1. The Hall–Kier alpha value is -2.47. The molecule has 0 spiro atoms. The van der Waals surface area contributed by atoms with E-state index in [0.717, 1.165) is 11.1 Å². The van der Waals surface area contributed by atoms with E-state index in [1.807, 2.05) is 18.2 Å². The highest BCUT2D eigenvalue weighted by Crippen LogP contribution is 2.27. The van der Waals surface area contributed by atoms with Crippen LogP contribution in [-0.4, -0.2) is 26.8 Å². The van der Waals surface area contributed by atoms with E-state index in [2.05, 4.69) is 10.6 Å². The van der Waals surface area contributed by atoms with Gasteiger partial charge in [-0.3, -0.25) is 0 Å². The van der Waals surface area contributed by atoms with Crippen LogP contribution in [0, 0.1) is 5.82 Å². The number of carbonyl (C=O) groups is 1. The van der Waals surface area contributed by atoms with E-state index in [-0.39, 0.29) is 17.1 Å². The summed E-state index contributed by atoms with van der Waals surface area (Å²) in [6.45, 7) is 2.26. The molecule has 0 aliphatic rings. The summed E-state index contributed by atoms with van der Waals surface area (Å²) in [5.41, 5.74) is 1.74. The van der Waals surface area contributed by atoms with Gasteiger partial charge in [0.25, 0.3) is 0 Å². The average molecular weight is 381 g/mol. The van der Waals surface area contributed by atoms with Crippen molar-refractivity contribution in [2.75, 3.05) is 20.8 Å². The van der Waals surface area contributed by atoms with Gasteiger partial charge in [-0.1, -0.05) is 23.7 Å². The van der Waals surface area contributed by atoms with Crippen LogP contribution in [0.1, 0.15) is 24.1 Å². The fourth-order valence-corrected chi connectivity index (χ4v) is 2.66. The third-order valence-corrected chi connectivity index (χ3v) is 4.23. The van der Waals surface area contributed by atoms with Gasteiger partial charge in [-0.2, -0.15) is 0 Å². The molecule has 140 valence electrons. The van der Waals surface area contributed by atoms with Crippen LogP contribution in [-0.2, 0) is 6.42 Å². The Morgan fingerprint density at radius 1 is 1.15 bits per heavy atom. The van der Waals surface area contributed by atoms with Crippen molar-refractivity contribution in [3.05, 3.63) is 58.4 Å². The molecule has 1 unspecified atom stereocenters. The molecule has 0 heterocycles. The Labute approximate surface area is 157 Å². The number of hydrogen-bond donors (Lipinski definition) is 2. The first-order chi connectivity index (χ1) is 12.4. The molecule has 0 saturated heterocycles. The normalized spacial score (nSPS) is 11.6. The van der Waals surface area contributed by atoms with Gasteiger partial charge in [0.1, 0.15) is 5.82 Å². The van der Waals surface area contributed by atoms with E-state index < -0.39 is 5.82 Å². The van der Waals surface area contributed by atoms with E-state index in [1.54, 1.807) is 27.2 Å². The summed E-state index contributed by atoms with van der Waals surface area (Å²) in [6.07, 6.45) is 0.643. The number of carbonyl (C=O) groups excluding carboxylic acids is 1. The van der Waals surface area contributed by atoms with Gasteiger partial charge in [-0.25, -0.2) is 9.18 Å². The highest BCUT2D eigenvalue weighted by atomic mass is 35.5. The number of amides is 2. The maximum Gasteiger partial charge on any atom is 0.315 e. The van der Waals surface area contributed by atoms with Crippen LogP contribution in [0.2, 0.25) is 5.02 Å². The van der Waals surface area contributed by atoms with Crippen molar-refractivity contribution in [1.82, 2.24) is 10.6 Å². The first-order valence-corrected chi connectivity index (χ1v) is 8.52. The Balaban J connectivity index is 1.84. The van der Waals surface area contributed by atoms with Crippen LogP contribution >= 0.6 is 11.6 Å². The summed E-state index contributed by atoms with van der Waals surface area (Å²) in [5.74, 6) is 0.826. The van der Waals surface area contributed by atoms with E-state index in [9.17, 15) is 9.18 Å². The van der Waals surface area contributed by atoms with Crippen LogP contribution in [0.15, 0.2) is 36.4 Å². The highest BCUT2D eigenvalue weighted by molar-refractivity contribution is 6.30. The number of urea groups is 1. The molecule has 26 heavy (non-hydrogen) atoms. The second kappa shape index (κ2) is 9.29. The standard InChI is InChI=1S/C19H22ClFN2O3/c1-12(14-5-6-16(21)15(20)11-14)23-19(24)22-9-8-13-4-7-17(25-2)18(10-13)26-3/h4-7,10-12H,8-9H2,1-3H3,(H2,22,23,24). The zero-order valence-electron chi connectivity index (χ0n) is 14.9. The molecule has 0 aliphatic carbocycles. The highest BCUT2D eigenvalue weighted by Gasteiger charge is 2.11. The predicted octanol–water partition coefficient (Wildman–Crippen LogP) is 4.10. The van der Waals surface area contributed by atoms with Crippen molar-refractivity contribution in [1.29, 1.82) is 0 Å². The molecule has 0 aliphatic heterocycles. The van der Waals surface area contributed by atoms with Crippen LogP contribution in [0.4, 0.5) is 9.18 Å². The Morgan fingerprint density at radius 3 is 2.54 bits per heavy atom. The summed E-state index contributed by atoms with van der Waals surface area (Å²) in [6, 6.07) is 9.40. The molecule has 5 nitrogen and oxygen atoms in total. The molecule has 1 atom stereocenters. The summed E-state index contributed by atoms with van der Waals surface area (Å²) >= 11 is 5.77. The Bertz CT molecular complexity index is 770. The van der Waals surface area contributed by atoms with Crippen LogP contribution in [0.5, 0.6) is 11.5 Å². The first kappa shape index (κ1) is 19.8. The summed E-state index contributed by atoms with van der Waals surface area (Å²) in [5, 5.41) is 5.62. The van der Waals surface area contributed by atoms with Gasteiger partial charge < -0.3 is 20.1 Å². The fourth-order valence-electron chi connectivity index (χ4n) is 2.47. The Kier molecular flexibility index (Phi) is 7.09. The number of hydrogen-bond acceptors (Lipinski definition) is 3. The predicted molar refractivity (Wildman–Crippen MR) is 99.6 cm³/mol. The molecule has 2 rings (SSSR count). The number of methoxy groups -OCH3 is 2. The third-order valence-electron chi connectivity index (χ3n) is 3.94. The van der Waals surface area contributed by atoms with Crippen LogP contribution in [0.25, 0.3) is 0 Å². The molecule has 2 aromatic carbocycles. The molecule has 7 heteroatoms. The number of halogens is 2. The van der Waals surface area contributed by atoms with Crippen molar-refractivity contribution in [2.24, 2.45) is 0 Å². The number of rotatable bonds is 7. The van der Waals surface area contributed by atoms with Crippen molar-refractivity contribution in [2.45, 2.75) is 19.4 Å². The molecule has 0 fully saturated rings. The Morgan fingerprint density at radius 2 is 1.88 bits per heavy atom. The van der Waals surface area contributed by atoms with Gasteiger partial charge >= 0.3 is 6.03 Å². The molecule has 2 aromatic rings. The lowest BCUT2D eigenvalue weighted by molar-refractivity contribution is 0.238. The molecule has 0 saturated carbocycles. The number of ether oxygens (including phenoxy) is 2. The fraction of sp³-hybridized carbons (Fsp3) is 0.316. The zero-order valence-corrected chi connectivity index (χ0v) is 15.7. The second-order valence-corrected chi connectivity index (χ2v) is 6.14. The minimum Gasteiger partial charge on any atom is -0.493 e. The van der Waals surface area contributed by atoms with Crippen molar-refractivity contribution >= 4 is 17.6 Å². The maximum atomic E-state index is 13.2. The molecule has 2 N–H and O–H groups in total. The molecule has 0 bridgehead atoms. The lowest BCUT2D eigenvalue weighted by Gasteiger charge is -2.16. The van der Waals surface area contributed by atoms with E-state index in [4.69, 9.17) is 21.1 Å². The van der Waals surface area contributed by atoms with Gasteiger partial charge in [0.15, 0.2) is 11.5 Å². The molecular weight excluding hydrogens is 359 g/mol. The minimum absolute atomic E-state index is 0.0324. The van der Waals surface area contributed by atoms with Crippen molar-refractivity contribution in [3.8, 4) is 11.5 Å². The van der Waals surface area contributed by atoms with E-state index in [1.165, 1.54) is 12.1 Å². The quantitative estimate of drug-likeness (QED) is 0.760. The largest absolute Gasteiger partial charge is 0.493 e. The van der Waals surface area contributed by atoms with Gasteiger partial charge in [0.05, 0.1) is 25.3 Å². The van der Waals surface area contributed by atoms with Crippen LogP contribution < -0.4 is 20.1 Å². The molecule has 0 aromatic heterocycles. The van der Waals surface area contributed by atoms with Gasteiger partial charge in [0, 0.05) is 6.54 Å². The second-order valence-electron chi connectivity index (χ2n) is 5.73. The number of nitrogens with one attached hydrogen (secondary N) is 2. The molecule has 2 amide bonds. The average Bonchev–Trinajstić information content (AvgIpc) is 2.63. The van der Waals surface area contributed by atoms with Crippen molar-refractivity contribution in [3.63, 3.8) is 0 Å². The molecular formula is C19H22ClFN2O3. The van der Waals surface area contributed by atoms with Crippen molar-refractivity contribution < 1.29 is 18.7 Å². The van der Waals surface area contributed by atoms with Gasteiger partial charge in [0.2, 0.25) is 0 Å². The van der Waals surface area contributed by atoms with E-state index >= 15 is 0 Å².